The summed E-state index contributed by atoms with van der Waals surface area (Å²) in [5, 5.41) is 2.72. The zero-order valence-electron chi connectivity index (χ0n) is 13.9. The Morgan fingerprint density at radius 3 is 2.38 bits per heavy atom. The molecular formula is C19H20FNO3. The van der Waals surface area contributed by atoms with Crippen molar-refractivity contribution in [2.45, 2.75) is 26.7 Å². The van der Waals surface area contributed by atoms with Crippen LogP contribution in [0.2, 0.25) is 0 Å². The predicted molar refractivity (Wildman–Crippen MR) is 91.1 cm³/mol. The standard InChI is InChI=1S/C19H20FNO3/c1-12(2)14-4-7-16(8-5-14)21-19(23)11-24-18-9-6-15(20)10-17(18)13(3)22/h4-10,12H,11H2,1-3H3,(H,21,23). The number of Topliss-reactive ketones (excluding diaryl/α,β-unsaturated/α-hetero) is 1. The van der Waals surface area contributed by atoms with Gasteiger partial charge in [-0.2, -0.15) is 0 Å². The van der Waals surface area contributed by atoms with E-state index >= 15 is 0 Å². The van der Waals surface area contributed by atoms with Crippen LogP contribution in [-0.4, -0.2) is 18.3 Å². The van der Waals surface area contributed by atoms with E-state index in [1.165, 1.54) is 24.6 Å². The molecule has 0 saturated heterocycles. The Morgan fingerprint density at radius 2 is 1.79 bits per heavy atom. The molecule has 0 aromatic heterocycles. The maximum atomic E-state index is 13.2. The molecular weight excluding hydrogens is 309 g/mol. The molecule has 0 bridgehead atoms. The van der Waals surface area contributed by atoms with Crippen molar-refractivity contribution >= 4 is 17.4 Å². The minimum absolute atomic E-state index is 0.115. The monoisotopic (exact) mass is 329 g/mol. The van der Waals surface area contributed by atoms with Crippen molar-refractivity contribution in [3.63, 3.8) is 0 Å². The molecule has 2 aromatic rings. The van der Waals surface area contributed by atoms with E-state index in [1.54, 1.807) is 0 Å². The van der Waals surface area contributed by atoms with Crippen molar-refractivity contribution in [1.82, 2.24) is 0 Å². The van der Waals surface area contributed by atoms with Crippen LogP contribution in [0.3, 0.4) is 0 Å². The number of ether oxygens (including phenoxy) is 1. The summed E-state index contributed by atoms with van der Waals surface area (Å²) in [7, 11) is 0. The molecule has 4 nitrogen and oxygen atoms in total. The molecule has 0 aliphatic heterocycles. The molecule has 2 aromatic carbocycles. The Kier molecular flexibility index (Phi) is 5.68. The van der Waals surface area contributed by atoms with Crippen molar-refractivity contribution < 1.29 is 18.7 Å². The first-order chi connectivity index (χ1) is 11.4. The van der Waals surface area contributed by atoms with Gasteiger partial charge in [0.25, 0.3) is 5.91 Å². The van der Waals surface area contributed by atoms with Gasteiger partial charge in [0.1, 0.15) is 11.6 Å². The van der Waals surface area contributed by atoms with Gasteiger partial charge in [0.2, 0.25) is 0 Å². The van der Waals surface area contributed by atoms with E-state index in [4.69, 9.17) is 4.74 Å². The third kappa shape index (κ3) is 4.65. The number of rotatable bonds is 6. The topological polar surface area (TPSA) is 55.4 Å². The van der Waals surface area contributed by atoms with Crippen molar-refractivity contribution in [2.24, 2.45) is 0 Å². The molecule has 0 heterocycles. The van der Waals surface area contributed by atoms with Gasteiger partial charge in [0.05, 0.1) is 5.56 Å². The van der Waals surface area contributed by atoms with Crippen molar-refractivity contribution in [3.05, 3.63) is 59.4 Å². The fourth-order valence-electron chi connectivity index (χ4n) is 2.19. The van der Waals surface area contributed by atoms with Crippen LogP contribution in [0.25, 0.3) is 0 Å². The van der Waals surface area contributed by atoms with E-state index in [-0.39, 0.29) is 29.6 Å². The Labute approximate surface area is 140 Å². The summed E-state index contributed by atoms with van der Waals surface area (Å²) in [6.07, 6.45) is 0. The second-order valence-corrected chi connectivity index (χ2v) is 5.81. The van der Waals surface area contributed by atoms with Crippen LogP contribution in [-0.2, 0) is 4.79 Å². The van der Waals surface area contributed by atoms with Crippen molar-refractivity contribution in [3.8, 4) is 5.75 Å². The number of benzene rings is 2. The SMILES string of the molecule is CC(=O)c1cc(F)ccc1OCC(=O)Nc1ccc(C(C)C)cc1. The largest absolute Gasteiger partial charge is 0.483 e. The molecule has 0 atom stereocenters. The molecule has 0 radical (unpaired) electrons. The first-order valence-electron chi connectivity index (χ1n) is 7.70. The summed E-state index contributed by atoms with van der Waals surface area (Å²) in [6.45, 7) is 5.24. The van der Waals surface area contributed by atoms with Crippen LogP contribution in [0.4, 0.5) is 10.1 Å². The van der Waals surface area contributed by atoms with Gasteiger partial charge in [-0.3, -0.25) is 9.59 Å². The lowest BCUT2D eigenvalue weighted by Gasteiger charge is -2.11. The summed E-state index contributed by atoms with van der Waals surface area (Å²) < 4.78 is 18.5. The highest BCUT2D eigenvalue weighted by Gasteiger charge is 2.12. The predicted octanol–water partition coefficient (Wildman–Crippen LogP) is 4.17. The molecule has 0 fully saturated rings. The second kappa shape index (κ2) is 7.73. The van der Waals surface area contributed by atoms with Crippen molar-refractivity contribution in [2.75, 3.05) is 11.9 Å². The van der Waals surface area contributed by atoms with E-state index in [0.717, 1.165) is 6.07 Å². The maximum Gasteiger partial charge on any atom is 0.262 e. The Balaban J connectivity index is 1.97. The normalized spacial score (nSPS) is 10.5. The van der Waals surface area contributed by atoms with Gasteiger partial charge in [-0.1, -0.05) is 26.0 Å². The van der Waals surface area contributed by atoms with Crippen LogP contribution in [0, 0.1) is 5.82 Å². The Hall–Kier alpha value is -2.69. The van der Waals surface area contributed by atoms with E-state index in [1.807, 2.05) is 24.3 Å². The number of nitrogens with one attached hydrogen (secondary N) is 1. The van der Waals surface area contributed by atoms with E-state index < -0.39 is 5.82 Å². The highest BCUT2D eigenvalue weighted by molar-refractivity contribution is 5.97. The summed E-state index contributed by atoms with van der Waals surface area (Å²) in [5.41, 5.74) is 1.96. The number of hydrogen-bond acceptors (Lipinski definition) is 3. The van der Waals surface area contributed by atoms with Crippen LogP contribution < -0.4 is 10.1 Å². The second-order valence-electron chi connectivity index (χ2n) is 5.81. The summed E-state index contributed by atoms with van der Waals surface area (Å²) in [4.78, 5) is 23.5. The Bertz CT molecular complexity index is 739. The molecule has 24 heavy (non-hydrogen) atoms. The van der Waals surface area contributed by atoms with Crippen LogP contribution in [0.5, 0.6) is 5.75 Å². The number of anilines is 1. The van der Waals surface area contributed by atoms with Gasteiger partial charge in [-0.05, 0) is 48.7 Å². The number of carbonyl (C=O) groups is 2. The van der Waals surface area contributed by atoms with E-state index in [2.05, 4.69) is 19.2 Å². The van der Waals surface area contributed by atoms with E-state index in [9.17, 15) is 14.0 Å². The average Bonchev–Trinajstić information content (AvgIpc) is 2.54. The van der Waals surface area contributed by atoms with Gasteiger partial charge in [-0.15, -0.1) is 0 Å². The zero-order chi connectivity index (χ0) is 17.7. The molecule has 126 valence electrons. The van der Waals surface area contributed by atoms with Crippen molar-refractivity contribution in [1.29, 1.82) is 0 Å². The molecule has 0 saturated carbocycles. The minimum atomic E-state index is -0.526. The lowest BCUT2D eigenvalue weighted by molar-refractivity contribution is -0.118. The zero-order valence-corrected chi connectivity index (χ0v) is 13.9. The molecule has 0 aliphatic carbocycles. The first-order valence-corrected chi connectivity index (χ1v) is 7.70. The fourth-order valence-corrected chi connectivity index (χ4v) is 2.19. The number of ketones is 1. The number of hydrogen-bond donors (Lipinski definition) is 1. The Morgan fingerprint density at radius 1 is 1.12 bits per heavy atom. The lowest BCUT2D eigenvalue weighted by atomic mass is 10.0. The van der Waals surface area contributed by atoms with Gasteiger partial charge in [0, 0.05) is 5.69 Å². The van der Waals surface area contributed by atoms with E-state index in [0.29, 0.717) is 11.6 Å². The van der Waals surface area contributed by atoms with Gasteiger partial charge in [-0.25, -0.2) is 4.39 Å². The maximum absolute atomic E-state index is 13.2. The third-order valence-electron chi connectivity index (χ3n) is 3.54. The average molecular weight is 329 g/mol. The van der Waals surface area contributed by atoms with Crippen LogP contribution in [0.15, 0.2) is 42.5 Å². The highest BCUT2D eigenvalue weighted by Crippen LogP contribution is 2.21. The third-order valence-corrected chi connectivity index (χ3v) is 3.54. The van der Waals surface area contributed by atoms with Gasteiger partial charge >= 0.3 is 0 Å². The molecule has 1 amide bonds. The number of amides is 1. The molecule has 2 rings (SSSR count). The minimum Gasteiger partial charge on any atom is -0.483 e. The molecule has 5 heteroatoms. The molecule has 0 aliphatic rings. The lowest BCUT2D eigenvalue weighted by Crippen LogP contribution is -2.20. The molecule has 0 spiro atoms. The summed E-state index contributed by atoms with van der Waals surface area (Å²) in [6, 6.07) is 11.2. The van der Waals surface area contributed by atoms with Gasteiger partial charge in [0.15, 0.2) is 12.4 Å². The smallest absolute Gasteiger partial charge is 0.262 e. The van der Waals surface area contributed by atoms with Gasteiger partial charge < -0.3 is 10.1 Å². The van der Waals surface area contributed by atoms with Crippen LogP contribution in [0.1, 0.15) is 42.6 Å². The molecule has 0 unspecified atom stereocenters. The number of carbonyl (C=O) groups excluding carboxylic acids is 2. The fraction of sp³-hybridized carbons (Fsp3) is 0.263. The summed E-state index contributed by atoms with van der Waals surface area (Å²) in [5.74, 6) is -0.599. The van der Waals surface area contributed by atoms with Crippen LogP contribution >= 0.6 is 0 Å². The first kappa shape index (κ1) is 17.7. The molecule has 1 N–H and O–H groups in total. The summed E-state index contributed by atoms with van der Waals surface area (Å²) >= 11 is 0. The number of halogens is 1. The highest BCUT2D eigenvalue weighted by atomic mass is 19.1. The quantitative estimate of drug-likeness (QED) is 0.809.